The van der Waals surface area contributed by atoms with E-state index in [1.165, 1.54) is 0 Å². The topological polar surface area (TPSA) is 143 Å². The van der Waals surface area contributed by atoms with Crippen molar-refractivity contribution >= 4 is 206 Å². The van der Waals surface area contributed by atoms with Crippen molar-refractivity contribution in [2.24, 2.45) is 0 Å². The fourth-order valence-corrected chi connectivity index (χ4v) is 0. The molecule has 0 heterocycles. The molecule has 6 radical (unpaired) electrons. The SMILES string of the molecule is [C-]#N.[C-]#N.[C-]#N.[C-]#N.[C-]#N.[C-]#N.[Cu+2].[Cu].[K].[K].[K].[K]. The van der Waals surface area contributed by atoms with Crippen molar-refractivity contribution in [2.75, 3.05) is 0 Å². The van der Waals surface area contributed by atoms with E-state index in [9.17, 15) is 0 Å². The minimum Gasteiger partial charge on any atom is -0.512 e. The molecule has 0 aromatic heterocycles. The smallest absolute Gasteiger partial charge is 0.512 e. The van der Waals surface area contributed by atoms with E-state index in [1.807, 2.05) is 0 Å². The Labute approximate surface area is 301 Å². The molecule has 0 saturated heterocycles. The summed E-state index contributed by atoms with van der Waals surface area (Å²) in [5.74, 6) is 0. The summed E-state index contributed by atoms with van der Waals surface area (Å²) in [7, 11) is 0. The molecular weight excluding hydrogens is 440 g/mol. The maximum absolute atomic E-state index is 6.25. The van der Waals surface area contributed by atoms with Crippen LogP contribution in [0.25, 0.3) is 0 Å². The van der Waals surface area contributed by atoms with Gasteiger partial charge >= 0.3 is 17.1 Å². The first-order valence-corrected chi connectivity index (χ1v) is 1.34. The van der Waals surface area contributed by atoms with Crippen LogP contribution >= 0.6 is 0 Å². The Morgan fingerprint density at radius 2 is 0.333 bits per heavy atom. The van der Waals surface area contributed by atoms with Gasteiger partial charge in [-0.2, -0.15) is 0 Å². The first kappa shape index (κ1) is 94.2. The van der Waals surface area contributed by atoms with Crippen LogP contribution in [0, 0.1) is 71.0 Å². The van der Waals surface area contributed by atoms with E-state index in [-0.39, 0.29) is 240 Å². The summed E-state index contributed by atoms with van der Waals surface area (Å²) in [4.78, 5) is 0. The molecule has 0 bridgehead atoms. The van der Waals surface area contributed by atoms with Gasteiger partial charge in [-0.05, 0) is 0 Å². The van der Waals surface area contributed by atoms with E-state index >= 15 is 0 Å². The molecule has 0 atom stereocenters. The van der Waals surface area contributed by atoms with Gasteiger partial charge in [-0.25, -0.2) is 0 Å². The van der Waals surface area contributed by atoms with Gasteiger partial charge in [0.2, 0.25) is 0 Å². The summed E-state index contributed by atoms with van der Waals surface area (Å²) in [6, 6.07) is 0. The zero-order chi connectivity index (χ0) is 12.0. The Morgan fingerprint density at radius 1 is 0.333 bits per heavy atom. The van der Waals surface area contributed by atoms with Gasteiger partial charge in [-0.1, -0.05) is 0 Å². The predicted molar refractivity (Wildman–Crippen MR) is 52.8 cm³/mol. The molecule has 0 aromatic carbocycles. The molecule has 12 heteroatoms. The summed E-state index contributed by atoms with van der Waals surface area (Å²) in [5, 5.41) is 37.5. The molecular formula is C6Cu2K4N6-4. The Morgan fingerprint density at radius 3 is 0.333 bits per heavy atom. The number of rotatable bonds is 0. The molecule has 0 aliphatic carbocycles. The minimum absolute atomic E-state index is 0. The van der Waals surface area contributed by atoms with Crippen LogP contribution in [0.4, 0.5) is 0 Å². The van der Waals surface area contributed by atoms with E-state index in [0.717, 1.165) is 0 Å². The van der Waals surface area contributed by atoms with Crippen molar-refractivity contribution in [1.29, 1.82) is 31.6 Å². The summed E-state index contributed by atoms with van der Waals surface area (Å²) in [6.45, 7) is 28.5. The van der Waals surface area contributed by atoms with Crippen LogP contribution in [0.1, 0.15) is 0 Å². The third kappa shape index (κ3) is 382. The van der Waals surface area contributed by atoms with Gasteiger partial charge in [0.1, 0.15) is 0 Å². The molecule has 0 aliphatic rings. The van der Waals surface area contributed by atoms with Crippen molar-refractivity contribution in [3.05, 3.63) is 39.4 Å². The fourth-order valence-electron chi connectivity index (χ4n) is 0. The second kappa shape index (κ2) is 443. The molecule has 0 N–H and O–H groups in total. The molecule has 18 heavy (non-hydrogen) atoms. The van der Waals surface area contributed by atoms with Crippen LogP contribution in [0.3, 0.4) is 0 Å². The summed E-state index contributed by atoms with van der Waals surface area (Å²) in [5.41, 5.74) is 0. The molecule has 0 unspecified atom stereocenters. The summed E-state index contributed by atoms with van der Waals surface area (Å²) in [6.07, 6.45) is 0. The second-order valence-corrected chi connectivity index (χ2v) is 0. The van der Waals surface area contributed by atoms with Gasteiger partial charge in [-0.15, -0.1) is 0 Å². The van der Waals surface area contributed by atoms with E-state index < -0.39 is 0 Å². The monoisotopic (exact) mass is 438 g/mol. The largest absolute Gasteiger partial charge is 2.00 e. The van der Waals surface area contributed by atoms with E-state index in [1.54, 1.807) is 0 Å². The predicted octanol–water partition coefficient (Wildman–Crippen LogP) is -0.950. The van der Waals surface area contributed by atoms with Crippen LogP contribution in [-0.4, -0.2) is 206 Å². The molecule has 0 amide bonds. The van der Waals surface area contributed by atoms with Crippen molar-refractivity contribution < 1.29 is 34.1 Å². The van der Waals surface area contributed by atoms with Gasteiger partial charge < -0.3 is 71.0 Å². The maximum atomic E-state index is 6.25. The molecule has 0 aromatic rings. The van der Waals surface area contributed by atoms with Crippen molar-refractivity contribution in [3.8, 4) is 0 Å². The van der Waals surface area contributed by atoms with Gasteiger partial charge in [0, 0.05) is 223 Å². The summed E-state index contributed by atoms with van der Waals surface area (Å²) >= 11 is 0. The van der Waals surface area contributed by atoms with Crippen LogP contribution in [0.15, 0.2) is 0 Å². The summed E-state index contributed by atoms with van der Waals surface area (Å²) < 4.78 is 0. The molecule has 0 spiro atoms. The van der Waals surface area contributed by atoms with Gasteiger partial charge in [0.15, 0.2) is 0 Å². The molecule has 0 aliphatic heterocycles. The van der Waals surface area contributed by atoms with Crippen molar-refractivity contribution in [3.63, 3.8) is 0 Å². The number of hydrogen-bond donors (Lipinski definition) is 0. The Kier molecular flexibility index (Phi) is 2320. The normalized spacial score (nSPS) is 0.667. The van der Waals surface area contributed by atoms with E-state index in [2.05, 4.69) is 0 Å². The third-order valence-electron chi connectivity index (χ3n) is 0. The molecule has 6 nitrogen and oxygen atoms in total. The van der Waals surface area contributed by atoms with Crippen LogP contribution < -0.4 is 0 Å². The Balaban J connectivity index is -0.00000000225. The third-order valence-corrected chi connectivity index (χ3v) is 0. The fraction of sp³-hybridized carbons (Fsp3) is 0. The van der Waals surface area contributed by atoms with Gasteiger partial charge in [0.05, 0.1) is 0 Å². The van der Waals surface area contributed by atoms with Gasteiger partial charge in [-0.3, -0.25) is 0 Å². The Hall–Kier alpha value is 4.52. The standard InChI is InChI=1S/6CN.2Cu.4K/c6*1-2;;;;;;/q6*-1;;+2;;;;. The first-order valence-electron chi connectivity index (χ1n) is 1.34. The first-order chi connectivity index (χ1) is 6.00. The Bertz CT molecular complexity index is 109. The van der Waals surface area contributed by atoms with Crippen LogP contribution in [-0.2, 0) is 34.1 Å². The molecule has 0 rings (SSSR count). The van der Waals surface area contributed by atoms with Gasteiger partial charge in [0.25, 0.3) is 0 Å². The van der Waals surface area contributed by atoms with E-state index in [0.29, 0.717) is 0 Å². The van der Waals surface area contributed by atoms with Crippen molar-refractivity contribution in [1.82, 2.24) is 0 Å². The second-order valence-electron chi connectivity index (χ2n) is 0. The zero-order valence-electron chi connectivity index (χ0n) is 10.3. The maximum Gasteiger partial charge on any atom is 2.00 e. The average molecular weight is 440 g/mol. The van der Waals surface area contributed by atoms with Crippen LogP contribution in [0.5, 0.6) is 0 Å². The molecule has 84 valence electrons. The number of nitrogens with zero attached hydrogens (tertiary/aromatic N) is 6. The van der Waals surface area contributed by atoms with Crippen molar-refractivity contribution in [2.45, 2.75) is 0 Å². The molecule has 0 saturated carbocycles. The minimum atomic E-state index is 0. The quantitative estimate of drug-likeness (QED) is 0.352. The van der Waals surface area contributed by atoms with E-state index in [4.69, 9.17) is 71.0 Å². The average Bonchev–Trinajstić information content (AvgIpc) is 2.33. The van der Waals surface area contributed by atoms with Crippen LogP contribution in [0.2, 0.25) is 0 Å². The number of hydrogen-bond acceptors (Lipinski definition) is 6. The zero-order valence-corrected chi connectivity index (χ0v) is 24.7. The molecule has 0 fully saturated rings.